The summed E-state index contributed by atoms with van der Waals surface area (Å²) < 4.78 is 19.7. The Bertz CT molecular complexity index is 1080. The molecule has 6 N–H and O–H groups in total. The molecule has 3 aromatic heterocycles. The van der Waals surface area contributed by atoms with E-state index in [2.05, 4.69) is 30.9 Å². The zero-order chi connectivity index (χ0) is 23.5. The predicted molar refractivity (Wildman–Crippen MR) is 137 cm³/mol. The fourth-order valence-electron chi connectivity index (χ4n) is 4.41. The van der Waals surface area contributed by atoms with E-state index in [0.717, 1.165) is 59.7 Å². The highest BCUT2D eigenvalue weighted by molar-refractivity contribution is 8.24. The van der Waals surface area contributed by atoms with Crippen molar-refractivity contribution < 1.29 is 14.2 Å². The molecule has 5 rings (SSSR count). The van der Waals surface area contributed by atoms with Gasteiger partial charge in [-0.2, -0.15) is 15.6 Å². The molecule has 34 heavy (non-hydrogen) atoms. The summed E-state index contributed by atoms with van der Waals surface area (Å²) in [5.41, 5.74) is 1.68. The Balaban J connectivity index is 1.31. The van der Waals surface area contributed by atoms with E-state index in [1.54, 1.807) is 6.20 Å². The van der Waals surface area contributed by atoms with Crippen LogP contribution in [0.25, 0.3) is 10.3 Å². The molecule has 0 bridgehead atoms. The van der Waals surface area contributed by atoms with Crippen molar-refractivity contribution in [3.8, 4) is 0 Å². The van der Waals surface area contributed by atoms with E-state index in [9.17, 15) is 14.2 Å². The van der Waals surface area contributed by atoms with Crippen molar-refractivity contribution in [3.63, 3.8) is 0 Å². The van der Waals surface area contributed by atoms with E-state index in [1.807, 2.05) is 18.2 Å². The average molecular weight is 506 g/mol. The maximum absolute atomic E-state index is 9.86. The number of aliphatic hydroxyl groups is 1. The zero-order valence-electron chi connectivity index (χ0n) is 18.9. The van der Waals surface area contributed by atoms with E-state index < -0.39 is 10.6 Å². The van der Waals surface area contributed by atoms with Gasteiger partial charge in [-0.3, -0.25) is 9.11 Å². The summed E-state index contributed by atoms with van der Waals surface area (Å²) in [6.07, 6.45) is 6.36. The second-order valence-corrected chi connectivity index (χ2v) is 12.5. The number of pyridine rings is 1. The predicted octanol–water partition coefficient (Wildman–Crippen LogP) is 3.94. The standard InChI is InChI=1S/C22H31N7O3S2/c30-17-5-3-15(4-6-17)25-21-26-16(13-24-14-7-10-34(31,32)11-8-14)12-19(28-21)29-22-27-18-2-1-9-23-20(18)33-22/h1-2,9,12,14-15,17,24,30-32H,3-8,10-11,13H2,(H2,25,26,27,28,29)/t15-,17-. The number of hydrogen-bond donors (Lipinski definition) is 6. The smallest absolute Gasteiger partial charge is 0.225 e. The molecule has 1 aliphatic heterocycles. The molecular weight excluding hydrogens is 474 g/mol. The number of fused-ring (bicyclic) bond motifs is 1. The summed E-state index contributed by atoms with van der Waals surface area (Å²) >= 11 is 1.47. The van der Waals surface area contributed by atoms with Crippen LogP contribution in [0.1, 0.15) is 44.2 Å². The van der Waals surface area contributed by atoms with Gasteiger partial charge in [-0.25, -0.2) is 15.0 Å². The van der Waals surface area contributed by atoms with Gasteiger partial charge in [0.25, 0.3) is 0 Å². The third-order valence-electron chi connectivity index (χ3n) is 6.37. The zero-order valence-corrected chi connectivity index (χ0v) is 20.5. The molecule has 0 amide bonds. The normalized spacial score (nSPS) is 24.1. The lowest BCUT2D eigenvalue weighted by Gasteiger charge is -2.39. The fourth-order valence-corrected chi connectivity index (χ4v) is 6.76. The molecule has 0 unspecified atom stereocenters. The monoisotopic (exact) mass is 505 g/mol. The molecule has 0 atom stereocenters. The van der Waals surface area contributed by atoms with Gasteiger partial charge in [0, 0.05) is 42.4 Å². The molecule has 3 aromatic rings. The average Bonchev–Trinajstić information content (AvgIpc) is 3.22. The van der Waals surface area contributed by atoms with Crippen LogP contribution in [-0.2, 0) is 6.54 Å². The fraction of sp³-hybridized carbons (Fsp3) is 0.545. The maximum atomic E-state index is 9.86. The van der Waals surface area contributed by atoms with Gasteiger partial charge in [0.1, 0.15) is 16.2 Å². The quantitative estimate of drug-likeness (QED) is 0.279. The van der Waals surface area contributed by atoms with E-state index in [1.165, 1.54) is 11.3 Å². The van der Waals surface area contributed by atoms with Crippen molar-refractivity contribution in [1.82, 2.24) is 25.3 Å². The van der Waals surface area contributed by atoms with Crippen LogP contribution in [-0.4, -0.2) is 63.8 Å². The summed E-state index contributed by atoms with van der Waals surface area (Å²) in [6, 6.07) is 6.18. The number of aliphatic hydroxyl groups excluding tert-OH is 1. The molecule has 1 aliphatic carbocycles. The van der Waals surface area contributed by atoms with Crippen molar-refractivity contribution in [1.29, 1.82) is 0 Å². The number of thiazole rings is 1. The summed E-state index contributed by atoms with van der Waals surface area (Å²) in [5, 5.41) is 20.8. The molecule has 2 aliphatic rings. The van der Waals surface area contributed by atoms with Crippen LogP contribution in [0.15, 0.2) is 24.4 Å². The van der Waals surface area contributed by atoms with Crippen LogP contribution in [0.3, 0.4) is 0 Å². The minimum Gasteiger partial charge on any atom is -0.393 e. The third-order valence-corrected chi connectivity index (χ3v) is 9.04. The molecule has 10 nitrogen and oxygen atoms in total. The van der Waals surface area contributed by atoms with Crippen molar-refractivity contribution in [2.24, 2.45) is 0 Å². The van der Waals surface area contributed by atoms with E-state index in [-0.39, 0.29) is 18.2 Å². The molecule has 2 fully saturated rings. The highest BCUT2D eigenvalue weighted by Crippen LogP contribution is 2.43. The Hall–Kier alpha value is -2.09. The molecule has 0 radical (unpaired) electrons. The van der Waals surface area contributed by atoms with Crippen LogP contribution >= 0.6 is 21.9 Å². The topological polar surface area (TPSA) is 148 Å². The molecule has 184 valence electrons. The van der Waals surface area contributed by atoms with E-state index in [0.29, 0.717) is 29.8 Å². The Kier molecular flexibility index (Phi) is 7.14. The Morgan fingerprint density at radius 3 is 2.56 bits per heavy atom. The molecule has 1 saturated carbocycles. The van der Waals surface area contributed by atoms with Gasteiger partial charge in [0.15, 0.2) is 5.13 Å². The minimum atomic E-state index is -2.39. The number of nitrogens with one attached hydrogen (secondary N) is 3. The Morgan fingerprint density at radius 2 is 1.79 bits per heavy atom. The van der Waals surface area contributed by atoms with Gasteiger partial charge >= 0.3 is 0 Å². The number of rotatable bonds is 7. The summed E-state index contributed by atoms with van der Waals surface area (Å²) in [7, 11) is -2.39. The summed E-state index contributed by atoms with van der Waals surface area (Å²) in [6.45, 7) is 0.556. The molecule has 0 spiro atoms. The van der Waals surface area contributed by atoms with Crippen LogP contribution in [0.2, 0.25) is 0 Å². The second-order valence-electron chi connectivity index (χ2n) is 9.06. The number of hydrogen-bond acceptors (Lipinski definition) is 11. The van der Waals surface area contributed by atoms with Gasteiger partial charge in [-0.15, -0.1) is 0 Å². The first-order valence-corrected chi connectivity index (χ1v) is 14.4. The lowest BCUT2D eigenvalue weighted by atomic mass is 9.93. The van der Waals surface area contributed by atoms with Crippen molar-refractivity contribution >= 4 is 49.2 Å². The lowest BCUT2D eigenvalue weighted by molar-refractivity contribution is 0.126. The van der Waals surface area contributed by atoms with Crippen molar-refractivity contribution in [2.45, 2.75) is 63.3 Å². The Morgan fingerprint density at radius 1 is 1.00 bits per heavy atom. The van der Waals surface area contributed by atoms with Crippen molar-refractivity contribution in [3.05, 3.63) is 30.1 Å². The van der Waals surface area contributed by atoms with Crippen molar-refractivity contribution in [2.75, 3.05) is 22.1 Å². The van der Waals surface area contributed by atoms with Gasteiger partial charge in [-0.05, 0) is 50.7 Å². The first-order chi connectivity index (χ1) is 16.4. The number of nitrogens with zero attached hydrogens (tertiary/aromatic N) is 4. The van der Waals surface area contributed by atoms with Gasteiger partial charge < -0.3 is 21.1 Å². The number of aromatic nitrogens is 4. The second kappa shape index (κ2) is 10.3. The highest BCUT2D eigenvalue weighted by atomic mass is 32.3. The van der Waals surface area contributed by atoms with Gasteiger partial charge in [0.05, 0.1) is 11.8 Å². The third kappa shape index (κ3) is 6.12. The SMILES string of the molecule is OS1(O)CCC(NCc2cc(Nc3nc4cccnc4s3)nc(N[C@H]3CC[C@H](O)CC3)n2)CC1. The summed E-state index contributed by atoms with van der Waals surface area (Å²) in [5.74, 6) is 2.11. The number of anilines is 3. The largest absolute Gasteiger partial charge is 0.393 e. The first-order valence-electron chi connectivity index (χ1n) is 11.7. The lowest BCUT2D eigenvalue weighted by Crippen LogP contribution is -2.36. The highest BCUT2D eigenvalue weighted by Gasteiger charge is 2.24. The Labute approximate surface area is 204 Å². The van der Waals surface area contributed by atoms with Crippen LogP contribution < -0.4 is 16.0 Å². The minimum absolute atomic E-state index is 0.215. The van der Waals surface area contributed by atoms with E-state index >= 15 is 0 Å². The molecule has 0 aromatic carbocycles. The molecule has 4 heterocycles. The maximum Gasteiger partial charge on any atom is 0.225 e. The summed E-state index contributed by atoms with van der Waals surface area (Å²) in [4.78, 5) is 19.2. The first kappa shape index (κ1) is 23.6. The van der Waals surface area contributed by atoms with Crippen LogP contribution in [0.5, 0.6) is 0 Å². The molecular formula is C22H31N7O3S2. The van der Waals surface area contributed by atoms with Crippen LogP contribution in [0, 0.1) is 0 Å². The molecule has 12 heteroatoms. The van der Waals surface area contributed by atoms with Crippen LogP contribution in [0.4, 0.5) is 16.9 Å². The van der Waals surface area contributed by atoms with Gasteiger partial charge in [-0.1, -0.05) is 11.3 Å². The molecule has 1 saturated heterocycles. The van der Waals surface area contributed by atoms with Gasteiger partial charge in [0.2, 0.25) is 5.95 Å². The van der Waals surface area contributed by atoms with E-state index in [4.69, 9.17) is 4.98 Å².